The van der Waals surface area contributed by atoms with Crippen LogP contribution in [0.15, 0.2) is 64.5 Å². The van der Waals surface area contributed by atoms with Crippen LogP contribution in [0.1, 0.15) is 23.5 Å². The predicted octanol–water partition coefficient (Wildman–Crippen LogP) is 2.50. The minimum absolute atomic E-state index is 0.0912. The largest absolute Gasteiger partial charge is 0.493 e. The van der Waals surface area contributed by atoms with Crippen LogP contribution in [-0.2, 0) is 11.2 Å². The summed E-state index contributed by atoms with van der Waals surface area (Å²) in [5.41, 5.74) is 1.42. The molecule has 2 N–H and O–H groups in total. The molecule has 4 rings (SSSR count). The summed E-state index contributed by atoms with van der Waals surface area (Å²) >= 11 is 0. The first kappa shape index (κ1) is 20.0. The Hall–Kier alpha value is -4.27. The maximum absolute atomic E-state index is 12.8. The lowest BCUT2D eigenvalue weighted by Gasteiger charge is -2.05. The fraction of sp³-hybridized carbons (Fsp3) is 0.136. The molecule has 156 valence electrons. The van der Waals surface area contributed by atoms with Gasteiger partial charge in [-0.25, -0.2) is 9.67 Å². The number of aromatic hydroxyl groups is 1. The molecule has 0 aliphatic carbocycles. The number of benzene rings is 2. The van der Waals surface area contributed by atoms with Crippen molar-refractivity contribution in [2.45, 2.75) is 19.8 Å². The Morgan fingerprint density at radius 3 is 2.58 bits per heavy atom. The number of aliphatic carboxylic acids is 1. The molecule has 0 atom stereocenters. The van der Waals surface area contributed by atoms with E-state index in [1.165, 1.54) is 10.9 Å². The zero-order valence-corrected chi connectivity index (χ0v) is 16.6. The molecule has 0 spiro atoms. The van der Waals surface area contributed by atoms with Crippen molar-refractivity contribution in [3.8, 4) is 11.6 Å². The highest BCUT2D eigenvalue weighted by Crippen LogP contribution is 2.24. The number of para-hydroxylation sites is 2. The fourth-order valence-corrected chi connectivity index (χ4v) is 3.24. The number of carboxylic acid groups (broad SMARTS) is 1. The summed E-state index contributed by atoms with van der Waals surface area (Å²) in [5.74, 6) is -0.806. The first-order chi connectivity index (χ1) is 15.0. The van der Waals surface area contributed by atoms with E-state index in [4.69, 9.17) is 5.11 Å². The number of hydrogen-bond donors (Lipinski definition) is 2. The van der Waals surface area contributed by atoms with Gasteiger partial charge in [-0.2, -0.15) is 14.9 Å². The summed E-state index contributed by atoms with van der Waals surface area (Å²) in [5, 5.41) is 28.9. The Bertz CT molecular complexity index is 1360. The maximum Gasteiger partial charge on any atom is 0.303 e. The molecule has 9 nitrogen and oxygen atoms in total. The molecule has 31 heavy (non-hydrogen) atoms. The number of carboxylic acids is 1. The van der Waals surface area contributed by atoms with Crippen molar-refractivity contribution in [3.05, 3.63) is 82.0 Å². The lowest BCUT2D eigenvalue weighted by molar-refractivity contribution is -0.136. The molecule has 0 fully saturated rings. The Balaban J connectivity index is 1.81. The molecule has 0 aliphatic rings. The van der Waals surface area contributed by atoms with Gasteiger partial charge in [-0.05, 0) is 31.2 Å². The predicted molar refractivity (Wildman–Crippen MR) is 115 cm³/mol. The van der Waals surface area contributed by atoms with Crippen LogP contribution in [0.2, 0.25) is 0 Å². The van der Waals surface area contributed by atoms with Gasteiger partial charge >= 0.3 is 5.97 Å². The Kier molecular flexibility index (Phi) is 5.31. The van der Waals surface area contributed by atoms with Crippen LogP contribution >= 0.6 is 0 Å². The van der Waals surface area contributed by atoms with Gasteiger partial charge in [-0.15, -0.1) is 0 Å². The van der Waals surface area contributed by atoms with E-state index in [0.717, 1.165) is 4.68 Å². The van der Waals surface area contributed by atoms with Crippen molar-refractivity contribution < 1.29 is 15.0 Å². The number of rotatable bonds is 6. The molecule has 9 heteroatoms. The minimum atomic E-state index is -0.984. The van der Waals surface area contributed by atoms with Gasteiger partial charge in [0.2, 0.25) is 5.88 Å². The lowest BCUT2D eigenvalue weighted by atomic mass is 10.1. The third-order valence-corrected chi connectivity index (χ3v) is 4.77. The van der Waals surface area contributed by atoms with Crippen molar-refractivity contribution in [3.63, 3.8) is 0 Å². The van der Waals surface area contributed by atoms with Gasteiger partial charge in [0.25, 0.3) is 5.56 Å². The van der Waals surface area contributed by atoms with E-state index in [-0.39, 0.29) is 29.8 Å². The van der Waals surface area contributed by atoms with Crippen molar-refractivity contribution in [2.75, 3.05) is 0 Å². The Morgan fingerprint density at radius 2 is 1.84 bits per heavy atom. The summed E-state index contributed by atoms with van der Waals surface area (Å²) in [7, 11) is 0. The molecule has 0 unspecified atom stereocenters. The Labute approximate surface area is 176 Å². The van der Waals surface area contributed by atoms with E-state index < -0.39 is 5.97 Å². The molecular formula is C22H19N5O4. The monoisotopic (exact) mass is 417 g/mol. The highest BCUT2D eigenvalue weighted by Gasteiger charge is 2.18. The molecule has 0 amide bonds. The number of aryl methyl sites for hydroxylation is 2. The highest BCUT2D eigenvalue weighted by molar-refractivity contribution is 5.85. The van der Waals surface area contributed by atoms with E-state index in [9.17, 15) is 14.7 Å². The molecule has 0 aliphatic heterocycles. The van der Waals surface area contributed by atoms with E-state index >= 15 is 0 Å². The van der Waals surface area contributed by atoms with Gasteiger partial charge < -0.3 is 10.2 Å². The smallest absolute Gasteiger partial charge is 0.303 e. The second kappa shape index (κ2) is 8.23. The molecule has 2 heterocycles. The second-order valence-corrected chi connectivity index (χ2v) is 6.86. The second-order valence-electron chi connectivity index (χ2n) is 6.86. The summed E-state index contributed by atoms with van der Waals surface area (Å²) in [6.07, 6.45) is 1.24. The van der Waals surface area contributed by atoms with Gasteiger partial charge in [0, 0.05) is 6.42 Å². The quantitative estimate of drug-likeness (QED) is 0.465. The van der Waals surface area contributed by atoms with Gasteiger partial charge in [-0.1, -0.05) is 30.3 Å². The molecule has 0 radical (unpaired) electrons. The molecule has 4 aromatic rings. The number of hydrogen-bond acceptors (Lipinski definition) is 6. The van der Waals surface area contributed by atoms with Crippen LogP contribution in [0, 0.1) is 6.92 Å². The third-order valence-electron chi connectivity index (χ3n) is 4.77. The van der Waals surface area contributed by atoms with Crippen LogP contribution in [0.5, 0.6) is 5.88 Å². The standard InChI is InChI=1S/C22H19N5O4/c1-14-24-18-10-6-5-9-16(18)21(30)26(14)23-13-17-19(11-12-20(28)29)25-27(22(17)31)15-7-3-2-4-8-15/h2-10,13,31H,11-12H2,1H3,(H,28,29). The van der Waals surface area contributed by atoms with Gasteiger partial charge in [0.05, 0.1) is 40.5 Å². The van der Waals surface area contributed by atoms with Crippen LogP contribution in [0.25, 0.3) is 16.6 Å². The van der Waals surface area contributed by atoms with Gasteiger partial charge in [0.1, 0.15) is 5.82 Å². The molecular weight excluding hydrogens is 398 g/mol. The number of carbonyl (C=O) groups is 1. The average molecular weight is 417 g/mol. The summed E-state index contributed by atoms with van der Waals surface area (Å²) in [6, 6.07) is 15.9. The zero-order valence-electron chi connectivity index (χ0n) is 16.6. The van der Waals surface area contributed by atoms with Crippen LogP contribution in [0.4, 0.5) is 0 Å². The SMILES string of the molecule is Cc1nc2ccccc2c(=O)n1N=Cc1c(CCC(=O)O)nn(-c2ccccc2)c1O. The van der Waals surface area contributed by atoms with Gasteiger partial charge in [0.15, 0.2) is 0 Å². The Morgan fingerprint density at radius 1 is 1.13 bits per heavy atom. The lowest BCUT2D eigenvalue weighted by Crippen LogP contribution is -2.20. The van der Waals surface area contributed by atoms with Crippen LogP contribution in [0.3, 0.4) is 0 Å². The molecule has 0 saturated heterocycles. The molecule has 0 bridgehead atoms. The highest BCUT2D eigenvalue weighted by atomic mass is 16.4. The number of aromatic nitrogens is 4. The fourth-order valence-electron chi connectivity index (χ4n) is 3.24. The van der Waals surface area contributed by atoms with Crippen molar-refractivity contribution >= 4 is 23.1 Å². The zero-order chi connectivity index (χ0) is 22.0. The molecule has 2 aromatic carbocycles. The van der Waals surface area contributed by atoms with E-state index in [1.54, 1.807) is 55.5 Å². The number of fused-ring (bicyclic) bond motifs is 1. The van der Waals surface area contributed by atoms with E-state index in [1.807, 2.05) is 6.07 Å². The van der Waals surface area contributed by atoms with Crippen LogP contribution in [-0.4, -0.2) is 41.8 Å². The van der Waals surface area contributed by atoms with E-state index in [2.05, 4.69) is 15.2 Å². The maximum atomic E-state index is 12.8. The summed E-state index contributed by atoms with van der Waals surface area (Å²) in [6.45, 7) is 1.66. The minimum Gasteiger partial charge on any atom is -0.493 e. The summed E-state index contributed by atoms with van der Waals surface area (Å²) in [4.78, 5) is 28.3. The third kappa shape index (κ3) is 3.93. The van der Waals surface area contributed by atoms with E-state index in [0.29, 0.717) is 28.1 Å². The van der Waals surface area contributed by atoms with Crippen molar-refractivity contribution in [1.82, 2.24) is 19.4 Å². The average Bonchev–Trinajstić information content (AvgIpc) is 3.08. The van der Waals surface area contributed by atoms with Gasteiger partial charge in [-0.3, -0.25) is 9.59 Å². The number of nitrogens with zero attached hydrogens (tertiary/aromatic N) is 5. The first-order valence-electron chi connectivity index (χ1n) is 9.56. The molecule has 2 aromatic heterocycles. The van der Waals surface area contributed by atoms with Crippen molar-refractivity contribution in [2.24, 2.45) is 5.10 Å². The van der Waals surface area contributed by atoms with Crippen molar-refractivity contribution in [1.29, 1.82) is 0 Å². The van der Waals surface area contributed by atoms with Crippen LogP contribution < -0.4 is 5.56 Å². The summed E-state index contributed by atoms with van der Waals surface area (Å²) < 4.78 is 2.45. The topological polar surface area (TPSA) is 123 Å². The normalized spacial score (nSPS) is 11.4. The molecule has 0 saturated carbocycles. The first-order valence-corrected chi connectivity index (χ1v) is 9.56.